The Balaban J connectivity index is 1.78. The third-order valence-electron chi connectivity index (χ3n) is 2.84. The maximum atomic E-state index is 5.95. The quantitative estimate of drug-likeness (QED) is 0.601. The molecule has 0 unspecified atom stereocenters. The minimum absolute atomic E-state index is 0.622. The minimum Gasteiger partial charge on any atom is -0.416 e. The van der Waals surface area contributed by atoms with Gasteiger partial charge in [0.2, 0.25) is 5.89 Å². The molecule has 1 aromatic heterocycles. The maximum Gasteiger partial charge on any atom is 0.276 e. The molecule has 4 nitrogen and oxygen atoms in total. The number of rotatable bonds is 8. The van der Waals surface area contributed by atoms with Gasteiger partial charge >= 0.3 is 0 Å². The van der Waals surface area contributed by atoms with E-state index >= 15 is 0 Å². The maximum absolute atomic E-state index is 5.95. The first-order valence-electron chi connectivity index (χ1n) is 6.77. The lowest BCUT2D eigenvalue weighted by Gasteiger charge is -1.98. The molecular formula is C14H19ClN3OS+. The summed E-state index contributed by atoms with van der Waals surface area (Å²) < 4.78 is 5.61. The van der Waals surface area contributed by atoms with Crippen LogP contribution in [0.15, 0.2) is 33.9 Å². The van der Waals surface area contributed by atoms with Crippen molar-refractivity contribution in [1.82, 2.24) is 10.2 Å². The summed E-state index contributed by atoms with van der Waals surface area (Å²) in [6.07, 6.45) is 4.25. The van der Waals surface area contributed by atoms with E-state index in [2.05, 4.69) is 15.9 Å². The first-order chi connectivity index (χ1) is 9.78. The largest absolute Gasteiger partial charge is 0.416 e. The van der Waals surface area contributed by atoms with Crippen LogP contribution < -0.4 is 5.73 Å². The zero-order valence-electron chi connectivity index (χ0n) is 11.3. The summed E-state index contributed by atoms with van der Waals surface area (Å²) in [5.74, 6) is 1.51. The molecule has 0 saturated carbocycles. The highest BCUT2D eigenvalue weighted by molar-refractivity contribution is 7.98. The van der Waals surface area contributed by atoms with Crippen LogP contribution in [0.4, 0.5) is 0 Å². The standard InChI is InChI=1S/C14H18ClN3OS/c15-12-6-4-5-11(9-12)10-20-14-18-17-13(19-14)7-2-1-3-8-16/h4-6,9H,1-3,7-8,10,16H2/p+1. The van der Waals surface area contributed by atoms with Crippen LogP contribution >= 0.6 is 23.4 Å². The highest BCUT2D eigenvalue weighted by atomic mass is 35.5. The molecule has 0 aliphatic rings. The van der Waals surface area contributed by atoms with E-state index in [4.69, 9.17) is 16.0 Å². The second kappa shape index (κ2) is 8.29. The van der Waals surface area contributed by atoms with Crippen LogP contribution in [-0.4, -0.2) is 16.7 Å². The van der Waals surface area contributed by atoms with Crippen LogP contribution in [0.1, 0.15) is 30.7 Å². The van der Waals surface area contributed by atoms with E-state index in [0.29, 0.717) is 5.22 Å². The number of quaternary nitrogens is 1. The molecule has 2 rings (SSSR count). The predicted molar refractivity (Wildman–Crippen MR) is 80.6 cm³/mol. The lowest BCUT2D eigenvalue weighted by Crippen LogP contribution is -2.50. The molecule has 0 bridgehead atoms. The minimum atomic E-state index is 0.622. The van der Waals surface area contributed by atoms with E-state index in [1.807, 2.05) is 24.3 Å². The molecule has 1 heterocycles. The van der Waals surface area contributed by atoms with Gasteiger partial charge in [0.1, 0.15) is 0 Å². The fraction of sp³-hybridized carbons (Fsp3) is 0.429. The number of thioether (sulfide) groups is 1. The Kier molecular flexibility index (Phi) is 6.36. The summed E-state index contributed by atoms with van der Waals surface area (Å²) in [6.45, 7) is 0.991. The van der Waals surface area contributed by atoms with Gasteiger partial charge in [0.05, 0.1) is 6.54 Å². The number of unbranched alkanes of at least 4 members (excludes halogenated alkanes) is 2. The van der Waals surface area contributed by atoms with Crippen molar-refractivity contribution in [3.63, 3.8) is 0 Å². The van der Waals surface area contributed by atoms with Crippen molar-refractivity contribution in [2.45, 2.75) is 36.7 Å². The normalized spacial score (nSPS) is 10.9. The van der Waals surface area contributed by atoms with Crippen LogP contribution in [0, 0.1) is 0 Å². The first-order valence-corrected chi connectivity index (χ1v) is 8.13. The molecule has 1 aromatic carbocycles. The zero-order chi connectivity index (χ0) is 14.2. The van der Waals surface area contributed by atoms with Gasteiger partial charge in [-0.15, -0.1) is 10.2 Å². The van der Waals surface area contributed by atoms with Crippen molar-refractivity contribution in [3.05, 3.63) is 40.7 Å². The topological polar surface area (TPSA) is 66.6 Å². The zero-order valence-corrected chi connectivity index (χ0v) is 12.9. The summed E-state index contributed by atoms with van der Waals surface area (Å²) in [6, 6.07) is 7.80. The Hall–Kier alpha value is -1.04. The van der Waals surface area contributed by atoms with Crippen LogP contribution in [0.3, 0.4) is 0 Å². The summed E-state index contributed by atoms with van der Waals surface area (Å²) in [4.78, 5) is 0. The van der Waals surface area contributed by atoms with Gasteiger partial charge in [-0.05, 0) is 37.0 Å². The van der Waals surface area contributed by atoms with Crippen molar-refractivity contribution in [2.24, 2.45) is 0 Å². The van der Waals surface area contributed by atoms with Crippen LogP contribution in [-0.2, 0) is 12.2 Å². The highest BCUT2D eigenvalue weighted by Crippen LogP contribution is 2.23. The summed E-state index contributed by atoms with van der Waals surface area (Å²) in [5, 5.41) is 9.49. The van der Waals surface area contributed by atoms with E-state index < -0.39 is 0 Å². The fourth-order valence-corrected chi connectivity index (χ4v) is 2.74. The van der Waals surface area contributed by atoms with Crippen LogP contribution in [0.5, 0.6) is 0 Å². The summed E-state index contributed by atoms with van der Waals surface area (Å²) >= 11 is 7.49. The van der Waals surface area contributed by atoms with Crippen LogP contribution in [0.25, 0.3) is 0 Å². The molecule has 0 saturated heterocycles. The van der Waals surface area contributed by atoms with Gasteiger partial charge in [-0.1, -0.05) is 35.5 Å². The van der Waals surface area contributed by atoms with Gasteiger partial charge in [-0.25, -0.2) is 0 Å². The average molecular weight is 313 g/mol. The Bertz CT molecular complexity index is 533. The number of hydrogen-bond donors (Lipinski definition) is 1. The molecule has 108 valence electrons. The molecule has 0 spiro atoms. The lowest BCUT2D eigenvalue weighted by molar-refractivity contribution is -0.368. The molecule has 0 amide bonds. The molecule has 0 fully saturated rings. The third-order valence-corrected chi connectivity index (χ3v) is 3.96. The van der Waals surface area contributed by atoms with E-state index in [-0.39, 0.29) is 0 Å². The molecule has 0 radical (unpaired) electrons. The van der Waals surface area contributed by atoms with Gasteiger partial charge in [0, 0.05) is 17.2 Å². The highest BCUT2D eigenvalue weighted by Gasteiger charge is 2.07. The second-order valence-corrected chi connectivity index (χ2v) is 5.91. The van der Waals surface area contributed by atoms with E-state index in [0.717, 1.165) is 54.5 Å². The number of hydrogen-bond acceptors (Lipinski definition) is 4. The Morgan fingerprint density at radius 2 is 2.10 bits per heavy atom. The number of aromatic nitrogens is 2. The molecule has 0 aliphatic heterocycles. The Labute approximate surface area is 128 Å². The monoisotopic (exact) mass is 312 g/mol. The Morgan fingerprint density at radius 1 is 1.20 bits per heavy atom. The number of nitrogens with zero attached hydrogens (tertiary/aromatic N) is 2. The number of halogens is 1. The van der Waals surface area contributed by atoms with E-state index in [1.165, 1.54) is 11.8 Å². The first kappa shape index (κ1) is 15.4. The van der Waals surface area contributed by atoms with E-state index in [1.54, 1.807) is 0 Å². The summed E-state index contributed by atoms with van der Waals surface area (Å²) in [7, 11) is 0. The van der Waals surface area contributed by atoms with Gasteiger partial charge in [-0.2, -0.15) is 0 Å². The molecule has 0 aliphatic carbocycles. The predicted octanol–water partition coefficient (Wildman–Crippen LogP) is 2.97. The van der Waals surface area contributed by atoms with Gasteiger partial charge in [0.15, 0.2) is 0 Å². The van der Waals surface area contributed by atoms with E-state index in [9.17, 15) is 0 Å². The fourth-order valence-electron chi connectivity index (χ4n) is 1.80. The van der Waals surface area contributed by atoms with Crippen molar-refractivity contribution < 1.29 is 10.2 Å². The van der Waals surface area contributed by atoms with Crippen molar-refractivity contribution in [1.29, 1.82) is 0 Å². The Morgan fingerprint density at radius 3 is 2.90 bits per heavy atom. The molecule has 6 heteroatoms. The van der Waals surface area contributed by atoms with Crippen LogP contribution in [0.2, 0.25) is 5.02 Å². The van der Waals surface area contributed by atoms with Gasteiger partial charge in [-0.3, -0.25) is 0 Å². The SMILES string of the molecule is [NH3+]CCCCCc1nnc(SCc2cccc(Cl)c2)o1. The molecule has 0 atom stereocenters. The smallest absolute Gasteiger partial charge is 0.276 e. The molecule has 20 heavy (non-hydrogen) atoms. The molecule has 2 aromatic rings. The van der Waals surface area contributed by atoms with Crippen molar-refractivity contribution in [3.8, 4) is 0 Å². The molecule has 3 N–H and O–H groups in total. The van der Waals surface area contributed by atoms with Gasteiger partial charge < -0.3 is 10.2 Å². The van der Waals surface area contributed by atoms with Crippen molar-refractivity contribution >= 4 is 23.4 Å². The van der Waals surface area contributed by atoms with Crippen molar-refractivity contribution in [2.75, 3.05) is 6.54 Å². The summed E-state index contributed by atoms with van der Waals surface area (Å²) in [5.41, 5.74) is 4.98. The van der Waals surface area contributed by atoms with Gasteiger partial charge in [0.25, 0.3) is 5.22 Å². The number of aryl methyl sites for hydroxylation is 1. The third kappa shape index (κ3) is 5.15. The lowest BCUT2D eigenvalue weighted by atomic mass is 10.2. The number of benzene rings is 1. The second-order valence-electron chi connectivity index (χ2n) is 4.54. The average Bonchev–Trinajstić information content (AvgIpc) is 2.89. The molecular weight excluding hydrogens is 294 g/mol.